The van der Waals surface area contributed by atoms with E-state index >= 15 is 0 Å². The Morgan fingerprint density at radius 3 is 2.79 bits per heavy atom. The van der Waals surface area contributed by atoms with Gasteiger partial charge in [-0.1, -0.05) is 6.07 Å². The molecule has 2 aliphatic rings. The first-order valence-corrected chi connectivity index (χ1v) is 8.62. The highest BCUT2D eigenvalue weighted by molar-refractivity contribution is 9.10. The van der Waals surface area contributed by atoms with Crippen molar-refractivity contribution >= 4 is 34.1 Å². The Hall–Kier alpha value is -1.64. The topological polar surface area (TPSA) is 85.0 Å². The fourth-order valence-electron chi connectivity index (χ4n) is 3.33. The van der Waals surface area contributed by atoms with Gasteiger partial charge in [0.25, 0.3) is 5.69 Å². The number of rotatable bonds is 5. The van der Waals surface area contributed by atoms with Crippen LogP contribution in [0, 0.1) is 16.0 Å². The van der Waals surface area contributed by atoms with Crippen LogP contribution in [0.3, 0.4) is 0 Å². The van der Waals surface area contributed by atoms with E-state index in [0.29, 0.717) is 17.6 Å². The first-order valence-electron chi connectivity index (χ1n) is 7.83. The summed E-state index contributed by atoms with van der Waals surface area (Å²) in [5.74, 6) is 0.0873. The van der Waals surface area contributed by atoms with Crippen molar-refractivity contribution in [1.82, 2.24) is 4.90 Å². The third kappa shape index (κ3) is 3.40. The summed E-state index contributed by atoms with van der Waals surface area (Å²) in [5, 5.41) is 11.0. The lowest BCUT2D eigenvalue weighted by atomic mass is 9.87. The molecule has 8 heteroatoms. The number of carbonyl (C=O) groups is 1. The van der Waals surface area contributed by atoms with E-state index in [4.69, 9.17) is 4.74 Å². The summed E-state index contributed by atoms with van der Waals surface area (Å²) in [5.41, 5.74) is -0.0118. The van der Waals surface area contributed by atoms with Gasteiger partial charge >= 0.3 is 0 Å². The van der Waals surface area contributed by atoms with Crippen LogP contribution in [0.2, 0.25) is 0 Å². The molecule has 1 fully saturated rings. The molecule has 0 aliphatic carbocycles. The van der Waals surface area contributed by atoms with E-state index in [1.54, 1.807) is 18.3 Å². The number of nitrogens with zero attached hydrogens (tertiary/aromatic N) is 3. The van der Waals surface area contributed by atoms with Gasteiger partial charge in [-0.25, -0.2) is 0 Å². The fourth-order valence-corrected chi connectivity index (χ4v) is 3.72. The maximum atomic E-state index is 11.4. The highest BCUT2D eigenvalue weighted by Crippen LogP contribution is 2.34. The van der Waals surface area contributed by atoms with Crippen molar-refractivity contribution in [1.29, 1.82) is 0 Å². The molecule has 0 amide bonds. The van der Waals surface area contributed by atoms with Gasteiger partial charge in [-0.3, -0.25) is 24.8 Å². The van der Waals surface area contributed by atoms with Gasteiger partial charge in [-0.15, -0.1) is 0 Å². The Balaban J connectivity index is 1.62. The number of hydrogen-bond acceptors (Lipinski definition) is 6. The quantitative estimate of drug-likeness (QED) is 0.434. The molecule has 0 spiro atoms. The maximum Gasteiger partial charge on any atom is 0.283 e. The van der Waals surface area contributed by atoms with Crippen molar-refractivity contribution in [3.8, 4) is 0 Å². The molecule has 0 saturated carbocycles. The molecule has 128 valence electrons. The second-order valence-corrected chi connectivity index (χ2v) is 6.94. The van der Waals surface area contributed by atoms with Crippen LogP contribution >= 0.6 is 15.9 Å². The summed E-state index contributed by atoms with van der Waals surface area (Å²) in [7, 11) is 0. The maximum absolute atomic E-state index is 11.4. The zero-order chi connectivity index (χ0) is 17.2. The van der Waals surface area contributed by atoms with E-state index < -0.39 is 5.72 Å². The lowest BCUT2D eigenvalue weighted by molar-refractivity contribution is -0.385. The van der Waals surface area contributed by atoms with Gasteiger partial charge in [0.1, 0.15) is 0 Å². The van der Waals surface area contributed by atoms with Gasteiger partial charge in [-0.05, 0) is 53.5 Å². The highest BCUT2D eigenvalue weighted by Gasteiger charge is 2.42. The smallest absolute Gasteiger partial charge is 0.283 e. The number of nitro groups is 1. The van der Waals surface area contributed by atoms with Crippen LogP contribution in [-0.2, 0) is 16.1 Å². The SMILES string of the molecule is O=CC1(C2CCN(Cc3ccc(Br)c([N+](=O)[O-])c3)CC2)N=CCO1. The molecule has 0 bridgehead atoms. The first kappa shape index (κ1) is 17.2. The molecule has 0 aromatic heterocycles. The average Bonchev–Trinajstić information content (AvgIpc) is 3.07. The van der Waals surface area contributed by atoms with E-state index in [0.717, 1.165) is 37.8 Å². The summed E-state index contributed by atoms with van der Waals surface area (Å²) in [6.45, 7) is 2.66. The molecule has 1 atom stereocenters. The summed E-state index contributed by atoms with van der Waals surface area (Å²) in [6.07, 6.45) is 4.10. The Bertz CT molecular complexity index is 673. The molecule has 2 aliphatic heterocycles. The monoisotopic (exact) mass is 395 g/mol. The standard InChI is InChI=1S/C16H18BrN3O4/c17-14-2-1-12(9-15(14)20(22)23)10-19-6-3-13(4-7-19)16(11-21)18-5-8-24-16/h1-2,5,9,11,13H,3-4,6-8,10H2. The van der Waals surface area contributed by atoms with E-state index in [-0.39, 0.29) is 16.5 Å². The molecule has 1 saturated heterocycles. The van der Waals surface area contributed by atoms with Gasteiger partial charge in [0, 0.05) is 24.7 Å². The fraction of sp³-hybridized carbons (Fsp3) is 0.500. The molecule has 1 aromatic carbocycles. The van der Waals surface area contributed by atoms with Crippen molar-refractivity contribution in [2.24, 2.45) is 10.9 Å². The number of benzene rings is 1. The Morgan fingerprint density at radius 2 is 2.21 bits per heavy atom. The van der Waals surface area contributed by atoms with Crippen LogP contribution in [-0.4, -0.2) is 47.7 Å². The number of nitro benzene ring substituents is 1. The highest BCUT2D eigenvalue weighted by atomic mass is 79.9. The zero-order valence-corrected chi connectivity index (χ0v) is 14.6. The summed E-state index contributed by atoms with van der Waals surface area (Å²) in [6, 6.07) is 5.20. The molecule has 2 heterocycles. The minimum atomic E-state index is -0.998. The molecular weight excluding hydrogens is 378 g/mol. The number of aliphatic imine (C=N–C) groups is 1. The molecule has 0 radical (unpaired) electrons. The number of carbonyl (C=O) groups excluding carboxylic acids is 1. The third-order valence-corrected chi connectivity index (χ3v) is 5.31. The number of aldehydes is 1. The van der Waals surface area contributed by atoms with Crippen LogP contribution in [0.25, 0.3) is 0 Å². The molecule has 1 unspecified atom stereocenters. The lowest BCUT2D eigenvalue weighted by Crippen LogP contribution is -2.45. The van der Waals surface area contributed by atoms with Gasteiger partial charge in [-0.2, -0.15) is 0 Å². The minimum absolute atomic E-state index is 0.0796. The normalized spacial score (nSPS) is 25.0. The van der Waals surface area contributed by atoms with E-state index in [9.17, 15) is 14.9 Å². The van der Waals surface area contributed by atoms with Crippen LogP contribution in [0.1, 0.15) is 18.4 Å². The second-order valence-electron chi connectivity index (χ2n) is 6.09. The van der Waals surface area contributed by atoms with Crippen molar-refractivity contribution < 1.29 is 14.5 Å². The molecule has 0 N–H and O–H groups in total. The third-order valence-electron chi connectivity index (χ3n) is 4.64. The summed E-state index contributed by atoms with van der Waals surface area (Å²) < 4.78 is 6.03. The van der Waals surface area contributed by atoms with Crippen molar-refractivity contribution in [3.63, 3.8) is 0 Å². The van der Waals surface area contributed by atoms with Gasteiger partial charge < -0.3 is 4.74 Å². The Labute approximate surface area is 148 Å². The number of ether oxygens (including phenoxy) is 1. The van der Waals surface area contributed by atoms with E-state index in [2.05, 4.69) is 25.8 Å². The Kier molecular flexibility index (Phi) is 5.07. The van der Waals surface area contributed by atoms with Crippen molar-refractivity contribution in [2.45, 2.75) is 25.1 Å². The molecule has 24 heavy (non-hydrogen) atoms. The number of likely N-dealkylation sites (tertiary alicyclic amines) is 1. The van der Waals surface area contributed by atoms with Gasteiger partial charge in [0.15, 0.2) is 6.29 Å². The van der Waals surface area contributed by atoms with Crippen LogP contribution in [0.15, 0.2) is 27.7 Å². The lowest BCUT2D eigenvalue weighted by Gasteiger charge is -2.37. The number of halogens is 1. The average molecular weight is 396 g/mol. The summed E-state index contributed by atoms with van der Waals surface area (Å²) >= 11 is 3.20. The largest absolute Gasteiger partial charge is 0.341 e. The van der Waals surface area contributed by atoms with Crippen molar-refractivity contribution in [2.75, 3.05) is 19.7 Å². The van der Waals surface area contributed by atoms with Gasteiger partial charge in [0.2, 0.25) is 5.72 Å². The predicted molar refractivity (Wildman–Crippen MR) is 92.0 cm³/mol. The first-order chi connectivity index (χ1) is 11.5. The molecule has 7 nitrogen and oxygen atoms in total. The van der Waals surface area contributed by atoms with Crippen LogP contribution in [0.5, 0.6) is 0 Å². The Morgan fingerprint density at radius 1 is 1.46 bits per heavy atom. The zero-order valence-electron chi connectivity index (χ0n) is 13.1. The van der Waals surface area contributed by atoms with Crippen molar-refractivity contribution in [3.05, 3.63) is 38.3 Å². The minimum Gasteiger partial charge on any atom is -0.341 e. The van der Waals surface area contributed by atoms with Gasteiger partial charge in [0.05, 0.1) is 16.0 Å². The predicted octanol–water partition coefficient (Wildman–Crippen LogP) is 2.57. The van der Waals surface area contributed by atoms with E-state index in [1.165, 1.54) is 0 Å². The number of piperidine rings is 1. The molecular formula is C16H18BrN3O4. The number of hydrogen-bond donors (Lipinski definition) is 0. The second kappa shape index (κ2) is 7.08. The summed E-state index contributed by atoms with van der Waals surface area (Å²) in [4.78, 5) is 28.5. The van der Waals surface area contributed by atoms with E-state index in [1.807, 2.05) is 6.07 Å². The van der Waals surface area contributed by atoms with Crippen LogP contribution in [0.4, 0.5) is 5.69 Å². The van der Waals surface area contributed by atoms with Crippen LogP contribution < -0.4 is 0 Å². The molecule has 1 aromatic rings. The molecule has 3 rings (SSSR count).